The summed E-state index contributed by atoms with van der Waals surface area (Å²) in [6, 6.07) is 92.3. The van der Waals surface area contributed by atoms with Crippen molar-refractivity contribution in [1.82, 2.24) is 0 Å². The van der Waals surface area contributed by atoms with Crippen LogP contribution in [0.1, 0.15) is 19.8 Å². The summed E-state index contributed by atoms with van der Waals surface area (Å²) < 4.78 is -0.212. The molecule has 1 atom stereocenters. The molecule has 0 aliphatic heterocycles. The van der Waals surface area contributed by atoms with Gasteiger partial charge in [0, 0.05) is 0 Å². The summed E-state index contributed by atoms with van der Waals surface area (Å²) in [5.74, 6) is 0. The molecule has 0 saturated heterocycles. The van der Waals surface area contributed by atoms with Crippen LogP contribution >= 0.6 is 31.7 Å². The van der Waals surface area contributed by atoms with E-state index >= 15 is 0 Å². The maximum atomic E-state index is 2.55. The molecule has 8 aromatic rings. The molecule has 0 amide bonds. The Morgan fingerprint density at radius 2 is 0.491 bits per heavy atom. The lowest BCUT2D eigenvalue weighted by Gasteiger charge is -2.53. The highest BCUT2D eigenvalue weighted by Gasteiger charge is 2.54. The van der Waals surface area contributed by atoms with Crippen molar-refractivity contribution >= 4 is 74.1 Å². The van der Waals surface area contributed by atoms with Crippen molar-refractivity contribution < 1.29 is 0 Å². The first kappa shape index (κ1) is 39.3. The van der Waals surface area contributed by atoms with Crippen LogP contribution in [0.5, 0.6) is 0 Å². The zero-order chi connectivity index (χ0) is 38.7. The van der Waals surface area contributed by atoms with Crippen molar-refractivity contribution in [3.8, 4) is 0 Å². The van der Waals surface area contributed by atoms with Gasteiger partial charge in [-0.15, -0.1) is 0 Å². The van der Waals surface area contributed by atoms with Gasteiger partial charge in [-0.1, -0.05) is 250 Å². The maximum absolute atomic E-state index is 2.55. The molecule has 0 aromatic heterocycles. The molecule has 8 rings (SSSR count). The van der Waals surface area contributed by atoms with Crippen molar-refractivity contribution in [3.63, 3.8) is 0 Å². The summed E-state index contributed by atoms with van der Waals surface area (Å²) in [6.07, 6.45) is 2.15. The van der Waals surface area contributed by atoms with E-state index in [9.17, 15) is 0 Å². The van der Waals surface area contributed by atoms with Crippen LogP contribution in [0, 0.1) is 0 Å². The average molecular weight is 809 g/mol. The molecule has 1 unspecified atom stereocenters. The zero-order valence-electron chi connectivity index (χ0n) is 32.4. The highest BCUT2D eigenvalue weighted by molar-refractivity contribution is 8.05. The van der Waals surface area contributed by atoms with Crippen molar-refractivity contribution in [3.05, 3.63) is 243 Å². The van der Waals surface area contributed by atoms with Crippen LogP contribution in [0.4, 0.5) is 0 Å². The molecule has 57 heavy (non-hydrogen) atoms. The van der Waals surface area contributed by atoms with Crippen LogP contribution < -0.4 is 42.4 Å². The summed E-state index contributed by atoms with van der Waals surface area (Å²) in [5, 5.41) is 11.6. The van der Waals surface area contributed by atoms with E-state index in [0.717, 1.165) is 12.8 Å². The predicted octanol–water partition coefficient (Wildman–Crippen LogP) is 11.3. The Balaban J connectivity index is 1.47. The van der Waals surface area contributed by atoms with Gasteiger partial charge in [-0.2, -0.15) is 0 Å². The average Bonchev–Trinajstić information content (AvgIpc) is 3.29. The topological polar surface area (TPSA) is 0 Å². The van der Waals surface area contributed by atoms with E-state index in [1.54, 1.807) is 0 Å². The van der Waals surface area contributed by atoms with Gasteiger partial charge >= 0.3 is 0 Å². The van der Waals surface area contributed by atoms with Gasteiger partial charge in [0.05, 0.1) is 4.64 Å². The van der Waals surface area contributed by atoms with Crippen molar-refractivity contribution in [2.75, 3.05) is 0 Å². The van der Waals surface area contributed by atoms with E-state index in [1.807, 2.05) is 0 Å². The van der Waals surface area contributed by atoms with Crippen molar-refractivity contribution in [2.24, 2.45) is 0 Å². The van der Waals surface area contributed by atoms with E-state index < -0.39 is 31.7 Å². The normalized spacial score (nSPS) is 12.3. The number of hydrogen-bond acceptors (Lipinski definition) is 0. The van der Waals surface area contributed by atoms with Gasteiger partial charge in [0.2, 0.25) is 0 Å². The van der Waals surface area contributed by atoms with Crippen LogP contribution in [-0.2, 0) is 0 Å². The highest BCUT2D eigenvalue weighted by Crippen LogP contribution is 2.79. The third kappa shape index (κ3) is 8.83. The monoisotopic (exact) mass is 808 g/mol. The second kappa shape index (κ2) is 19.3. The highest BCUT2D eigenvalue weighted by atomic mass is 31.2. The third-order valence-electron chi connectivity index (χ3n) is 10.6. The Labute approximate surface area is 345 Å². The summed E-state index contributed by atoms with van der Waals surface area (Å²) in [5.41, 5.74) is 0.430. The molecule has 0 aliphatic carbocycles. The van der Waals surface area contributed by atoms with Crippen LogP contribution in [0.15, 0.2) is 243 Å². The summed E-state index contributed by atoms with van der Waals surface area (Å²) in [7, 11) is -3.52. The number of hydrogen-bond donors (Lipinski definition) is 0. The van der Waals surface area contributed by atoms with Gasteiger partial charge in [0.1, 0.15) is 0 Å². The minimum absolute atomic E-state index is 0.212. The van der Waals surface area contributed by atoms with E-state index in [4.69, 9.17) is 0 Å². The summed E-state index contributed by atoms with van der Waals surface area (Å²) in [6.45, 7) is 2.55. The van der Waals surface area contributed by atoms with E-state index in [0.29, 0.717) is 5.66 Å². The molecular weight excluding hydrogens is 760 g/mol. The molecule has 0 bridgehead atoms. The molecule has 0 aliphatic rings. The predicted molar refractivity (Wildman–Crippen MR) is 258 cm³/mol. The largest absolute Gasteiger partial charge is 0.0622 e. The molecule has 280 valence electrons. The molecule has 0 heterocycles. The lowest BCUT2D eigenvalue weighted by atomic mass is 10.2. The lowest BCUT2D eigenvalue weighted by molar-refractivity contribution is 0.747. The lowest BCUT2D eigenvalue weighted by Crippen LogP contribution is -2.42. The van der Waals surface area contributed by atoms with Crippen LogP contribution in [-0.4, -0.2) is 10.3 Å². The van der Waals surface area contributed by atoms with Crippen LogP contribution in [0.25, 0.3) is 0 Å². The fourth-order valence-corrected chi connectivity index (χ4v) is 24.7. The minimum Gasteiger partial charge on any atom is -0.0622 e. The molecule has 0 nitrogen and oxygen atoms in total. The standard InChI is InChI=1S/C53H48P4/c1-44(54(45-26-10-2-11-27-45)46-28-12-3-13-29-46)42-43-53(55(47-30-14-4-15-31-47)48-32-16-5-17-33-48,56(49-34-18-6-19-35-49)50-36-20-7-21-37-50)57(51-38-22-8-23-39-51)52-40-24-9-25-41-52/h2-41,44H,42-43H2,1H3. The molecule has 0 radical (unpaired) electrons. The number of benzene rings is 8. The molecule has 8 aromatic carbocycles. The molecule has 0 saturated carbocycles. The van der Waals surface area contributed by atoms with Gasteiger partial charge in [-0.3, -0.25) is 0 Å². The Morgan fingerprint density at radius 1 is 0.298 bits per heavy atom. The van der Waals surface area contributed by atoms with Crippen molar-refractivity contribution in [2.45, 2.75) is 30.1 Å². The molecular formula is C53H48P4. The smallest absolute Gasteiger partial charge is 0.0546 e. The third-order valence-corrected chi connectivity index (χ3v) is 24.7. The fourth-order valence-electron chi connectivity index (χ4n) is 8.15. The second-order valence-corrected chi connectivity index (χ2v) is 25.3. The number of rotatable bonds is 15. The Kier molecular flexibility index (Phi) is 13.3. The quantitative estimate of drug-likeness (QED) is 0.0905. The van der Waals surface area contributed by atoms with Crippen molar-refractivity contribution in [1.29, 1.82) is 0 Å². The Morgan fingerprint density at radius 3 is 0.702 bits per heavy atom. The molecule has 0 fully saturated rings. The van der Waals surface area contributed by atoms with E-state index in [2.05, 4.69) is 250 Å². The fraction of sp³-hybridized carbons (Fsp3) is 0.0943. The maximum Gasteiger partial charge on any atom is 0.0546 e. The van der Waals surface area contributed by atoms with Gasteiger partial charge < -0.3 is 0 Å². The SMILES string of the molecule is CC(CCC(P(c1ccccc1)c1ccccc1)(P(c1ccccc1)c1ccccc1)P(c1ccccc1)c1ccccc1)P(c1ccccc1)c1ccccc1. The Bertz CT molecular complexity index is 2000. The molecule has 0 spiro atoms. The Hall–Kier alpha value is -4.52. The van der Waals surface area contributed by atoms with Gasteiger partial charge in [0.15, 0.2) is 0 Å². The first-order chi connectivity index (χ1) is 28.2. The first-order valence-corrected chi connectivity index (χ1v) is 25.3. The minimum atomic E-state index is -0.965. The van der Waals surface area contributed by atoms with Gasteiger partial charge in [-0.25, -0.2) is 0 Å². The van der Waals surface area contributed by atoms with Crippen LogP contribution in [0.2, 0.25) is 0 Å². The summed E-state index contributed by atoms with van der Waals surface area (Å²) in [4.78, 5) is 0. The van der Waals surface area contributed by atoms with E-state index in [-0.39, 0.29) is 4.64 Å². The second-order valence-electron chi connectivity index (χ2n) is 14.2. The summed E-state index contributed by atoms with van der Waals surface area (Å²) >= 11 is 0. The zero-order valence-corrected chi connectivity index (χ0v) is 36.0. The van der Waals surface area contributed by atoms with Crippen LogP contribution in [0.3, 0.4) is 0 Å². The van der Waals surface area contributed by atoms with E-state index in [1.165, 1.54) is 42.4 Å². The molecule has 0 N–H and O–H groups in total. The van der Waals surface area contributed by atoms with Gasteiger partial charge in [0.25, 0.3) is 0 Å². The first-order valence-electron chi connectivity index (χ1n) is 19.8. The van der Waals surface area contributed by atoms with Gasteiger partial charge in [-0.05, 0) is 92.6 Å². The molecule has 4 heteroatoms.